The van der Waals surface area contributed by atoms with Crippen LogP contribution in [0.2, 0.25) is 0 Å². The van der Waals surface area contributed by atoms with Crippen LogP contribution in [-0.4, -0.2) is 52.0 Å². The van der Waals surface area contributed by atoms with Gasteiger partial charge in [0.15, 0.2) is 23.5 Å². The molecule has 0 aliphatic carbocycles. The van der Waals surface area contributed by atoms with E-state index in [1.807, 2.05) is 68.8 Å². The van der Waals surface area contributed by atoms with Gasteiger partial charge in [-0.05, 0) is 33.3 Å². The van der Waals surface area contributed by atoms with Crippen molar-refractivity contribution < 1.29 is 28.5 Å². The minimum Gasteiger partial charge on any atom is -0.451 e. The van der Waals surface area contributed by atoms with Gasteiger partial charge in [0.1, 0.15) is 18.3 Å². The first-order chi connectivity index (χ1) is 14.6. The van der Waals surface area contributed by atoms with Crippen molar-refractivity contribution in [3.63, 3.8) is 0 Å². The van der Waals surface area contributed by atoms with Gasteiger partial charge in [-0.3, -0.25) is 4.79 Å². The Kier molecular flexibility index (Phi) is 5.91. The molecule has 0 saturated carbocycles. The predicted molar refractivity (Wildman–Crippen MR) is 111 cm³/mol. The second-order valence-electron chi connectivity index (χ2n) is 8.86. The van der Waals surface area contributed by atoms with E-state index in [1.54, 1.807) is 6.20 Å². The van der Waals surface area contributed by atoms with Crippen molar-refractivity contribution in [1.82, 2.24) is 9.55 Å². The summed E-state index contributed by atoms with van der Waals surface area (Å²) in [7, 11) is 0. The average molecular weight is 431 g/mol. The van der Waals surface area contributed by atoms with Crippen molar-refractivity contribution in [3.05, 3.63) is 54.1 Å². The molecule has 8 heteroatoms. The Hall–Kier alpha value is -2.26. The number of imidazole rings is 1. The Morgan fingerprint density at radius 1 is 1.16 bits per heavy atom. The molecule has 4 unspecified atom stereocenters. The number of hydrogen-bond acceptors (Lipinski definition) is 7. The number of ether oxygens (including phenoxy) is 5. The van der Waals surface area contributed by atoms with Gasteiger partial charge in [0, 0.05) is 25.9 Å². The highest BCUT2D eigenvalue weighted by Gasteiger charge is 2.54. The molecule has 4 atom stereocenters. The molecule has 0 spiro atoms. The molecule has 8 nitrogen and oxygen atoms in total. The fraction of sp³-hybridized carbons (Fsp3) is 0.565. The monoisotopic (exact) mass is 430 g/mol. The predicted octanol–water partition coefficient (Wildman–Crippen LogP) is 3.21. The van der Waals surface area contributed by atoms with Gasteiger partial charge in [-0.25, -0.2) is 4.98 Å². The van der Waals surface area contributed by atoms with E-state index in [2.05, 4.69) is 4.98 Å². The summed E-state index contributed by atoms with van der Waals surface area (Å²) in [5, 5.41) is 0. The molecule has 0 N–H and O–H groups in total. The van der Waals surface area contributed by atoms with Crippen molar-refractivity contribution in [3.8, 4) is 0 Å². The number of nitrogens with zero attached hydrogens (tertiary/aromatic N) is 2. The highest BCUT2D eigenvalue weighted by Crippen LogP contribution is 2.41. The molecule has 31 heavy (non-hydrogen) atoms. The topological polar surface area (TPSA) is 81.0 Å². The zero-order chi connectivity index (χ0) is 22.2. The fourth-order valence-electron chi connectivity index (χ4n) is 4.15. The van der Waals surface area contributed by atoms with Crippen LogP contribution in [0.5, 0.6) is 0 Å². The molecular formula is C23H30N2O6. The second kappa shape index (κ2) is 8.35. The van der Waals surface area contributed by atoms with Crippen LogP contribution in [0.4, 0.5) is 0 Å². The van der Waals surface area contributed by atoms with Crippen molar-refractivity contribution in [2.75, 3.05) is 6.61 Å². The van der Waals surface area contributed by atoms with Crippen LogP contribution >= 0.6 is 0 Å². The summed E-state index contributed by atoms with van der Waals surface area (Å²) in [6.45, 7) is 9.72. The van der Waals surface area contributed by atoms with Gasteiger partial charge < -0.3 is 28.3 Å². The molecule has 3 heterocycles. The zero-order valence-corrected chi connectivity index (χ0v) is 18.6. The van der Waals surface area contributed by atoms with Gasteiger partial charge in [-0.1, -0.05) is 30.3 Å². The molecule has 2 fully saturated rings. The molecule has 1 aromatic heterocycles. The lowest BCUT2D eigenvalue weighted by atomic mass is 10.0. The SMILES string of the molecule is CC(=O)OC(c1nccn1Cc1ccccc1)C1OC(C)(C)OC1C1COC(C)(C)O1. The lowest BCUT2D eigenvalue weighted by Gasteiger charge is -2.29. The highest BCUT2D eigenvalue weighted by molar-refractivity contribution is 5.66. The molecule has 2 aliphatic heterocycles. The van der Waals surface area contributed by atoms with Gasteiger partial charge in [-0.2, -0.15) is 0 Å². The molecule has 168 valence electrons. The van der Waals surface area contributed by atoms with Crippen LogP contribution in [0, 0.1) is 0 Å². The summed E-state index contributed by atoms with van der Waals surface area (Å²) in [6, 6.07) is 10.0. The van der Waals surface area contributed by atoms with Gasteiger partial charge >= 0.3 is 5.97 Å². The number of carbonyl (C=O) groups excluding carboxylic acids is 1. The number of benzene rings is 1. The highest BCUT2D eigenvalue weighted by atomic mass is 16.8. The molecular weight excluding hydrogens is 400 g/mol. The maximum Gasteiger partial charge on any atom is 0.303 e. The third-order valence-electron chi connectivity index (χ3n) is 5.35. The first kappa shape index (κ1) is 22.0. The molecule has 2 saturated heterocycles. The molecule has 4 rings (SSSR count). The number of carbonyl (C=O) groups is 1. The van der Waals surface area contributed by atoms with E-state index in [9.17, 15) is 4.79 Å². The smallest absolute Gasteiger partial charge is 0.303 e. The van der Waals surface area contributed by atoms with E-state index in [-0.39, 0.29) is 6.10 Å². The van der Waals surface area contributed by atoms with Gasteiger partial charge in [0.2, 0.25) is 0 Å². The van der Waals surface area contributed by atoms with E-state index in [0.717, 1.165) is 5.56 Å². The third-order valence-corrected chi connectivity index (χ3v) is 5.35. The quantitative estimate of drug-likeness (QED) is 0.651. The van der Waals surface area contributed by atoms with Crippen LogP contribution in [-0.2, 0) is 35.0 Å². The lowest BCUT2D eigenvalue weighted by molar-refractivity contribution is -0.177. The van der Waals surface area contributed by atoms with E-state index < -0.39 is 35.9 Å². The number of esters is 1. The standard InChI is InChI=1S/C23H30N2O6/c1-15(26)28-20(21-24-11-12-25(21)13-16-9-7-6-8-10-16)19-18(30-23(4,5)31-19)17-14-27-22(2,3)29-17/h6-12,17-20H,13-14H2,1-5H3. The normalized spacial score (nSPS) is 27.8. The summed E-state index contributed by atoms with van der Waals surface area (Å²) >= 11 is 0. The Morgan fingerprint density at radius 3 is 2.55 bits per heavy atom. The van der Waals surface area contributed by atoms with Crippen molar-refractivity contribution >= 4 is 5.97 Å². The third kappa shape index (κ3) is 4.98. The molecule has 0 radical (unpaired) electrons. The summed E-state index contributed by atoms with van der Waals surface area (Å²) in [5.41, 5.74) is 1.11. The van der Waals surface area contributed by atoms with Gasteiger partial charge in [0.05, 0.1) is 6.61 Å². The molecule has 2 aromatic rings. The molecule has 1 aromatic carbocycles. The number of rotatable bonds is 6. The fourth-order valence-corrected chi connectivity index (χ4v) is 4.15. The van der Waals surface area contributed by atoms with Gasteiger partial charge in [-0.15, -0.1) is 0 Å². The summed E-state index contributed by atoms with van der Waals surface area (Å²) < 4.78 is 32.0. The lowest BCUT2D eigenvalue weighted by Crippen LogP contribution is -2.42. The summed E-state index contributed by atoms with van der Waals surface area (Å²) in [5.74, 6) is -1.42. The summed E-state index contributed by atoms with van der Waals surface area (Å²) in [6.07, 6.45) is 1.32. The van der Waals surface area contributed by atoms with Crippen molar-refractivity contribution in [2.45, 2.75) is 77.2 Å². The van der Waals surface area contributed by atoms with Crippen LogP contribution in [0.3, 0.4) is 0 Å². The minimum atomic E-state index is -0.874. The van der Waals surface area contributed by atoms with E-state index >= 15 is 0 Å². The molecule has 0 bridgehead atoms. The van der Waals surface area contributed by atoms with E-state index in [1.165, 1.54) is 6.92 Å². The zero-order valence-electron chi connectivity index (χ0n) is 18.6. The molecule has 0 amide bonds. The second-order valence-corrected chi connectivity index (χ2v) is 8.86. The Morgan fingerprint density at radius 2 is 1.90 bits per heavy atom. The van der Waals surface area contributed by atoms with Gasteiger partial charge in [0.25, 0.3) is 0 Å². The maximum absolute atomic E-state index is 12.1. The van der Waals surface area contributed by atoms with Crippen LogP contribution < -0.4 is 0 Å². The van der Waals surface area contributed by atoms with Crippen molar-refractivity contribution in [2.24, 2.45) is 0 Å². The number of aromatic nitrogens is 2. The first-order valence-electron chi connectivity index (χ1n) is 10.5. The van der Waals surface area contributed by atoms with Crippen LogP contribution in [0.25, 0.3) is 0 Å². The Labute approximate surface area is 182 Å². The summed E-state index contributed by atoms with van der Waals surface area (Å²) in [4.78, 5) is 16.6. The average Bonchev–Trinajstić information content (AvgIpc) is 3.37. The van der Waals surface area contributed by atoms with Crippen LogP contribution in [0.1, 0.15) is 52.1 Å². The first-order valence-corrected chi connectivity index (χ1v) is 10.5. The molecule has 2 aliphatic rings. The number of hydrogen-bond donors (Lipinski definition) is 0. The van der Waals surface area contributed by atoms with Crippen LogP contribution in [0.15, 0.2) is 42.7 Å². The van der Waals surface area contributed by atoms with E-state index in [4.69, 9.17) is 23.7 Å². The Bertz CT molecular complexity index is 910. The largest absolute Gasteiger partial charge is 0.451 e. The maximum atomic E-state index is 12.1. The van der Waals surface area contributed by atoms with Crippen molar-refractivity contribution in [1.29, 1.82) is 0 Å². The minimum absolute atomic E-state index is 0.360. The Balaban J connectivity index is 1.66. The van der Waals surface area contributed by atoms with E-state index in [0.29, 0.717) is 19.0 Å².